The van der Waals surface area contributed by atoms with E-state index >= 15 is 0 Å². The van der Waals surface area contributed by atoms with E-state index in [9.17, 15) is 4.79 Å². The lowest BCUT2D eigenvalue weighted by Crippen LogP contribution is -2.35. The van der Waals surface area contributed by atoms with Crippen molar-refractivity contribution in [2.45, 2.75) is 32.7 Å². The van der Waals surface area contributed by atoms with Crippen molar-refractivity contribution in [2.75, 3.05) is 19.6 Å². The molecule has 0 aromatic carbocycles. The van der Waals surface area contributed by atoms with Gasteiger partial charge < -0.3 is 16.4 Å². The lowest BCUT2D eigenvalue weighted by atomic mass is 10.2. The maximum Gasteiger partial charge on any atom is 0.221 e. The zero-order chi connectivity index (χ0) is 10.1. The van der Waals surface area contributed by atoms with Gasteiger partial charge in [-0.25, -0.2) is 0 Å². The molecular weight excluding hydrogens is 166 g/mol. The van der Waals surface area contributed by atoms with Gasteiger partial charge in [0.15, 0.2) is 0 Å². The van der Waals surface area contributed by atoms with E-state index in [-0.39, 0.29) is 11.9 Å². The van der Waals surface area contributed by atoms with E-state index in [4.69, 9.17) is 5.73 Å². The van der Waals surface area contributed by atoms with Gasteiger partial charge in [-0.2, -0.15) is 0 Å². The van der Waals surface area contributed by atoms with Crippen LogP contribution in [0.3, 0.4) is 0 Å². The molecule has 78 valence electrons. The standard InChI is InChI=1S/C9H21N3O/c1-3-11-7-5-8(2)12-9(13)4-6-10/h8,11H,3-7,10H2,1-2H3,(H,12,13). The van der Waals surface area contributed by atoms with Crippen molar-refractivity contribution in [2.24, 2.45) is 5.73 Å². The van der Waals surface area contributed by atoms with Gasteiger partial charge >= 0.3 is 0 Å². The number of nitrogens with two attached hydrogens (primary N) is 1. The van der Waals surface area contributed by atoms with Gasteiger partial charge in [0.05, 0.1) is 0 Å². The smallest absolute Gasteiger partial charge is 0.221 e. The molecule has 0 heterocycles. The third-order valence-electron chi connectivity index (χ3n) is 1.78. The second-order valence-electron chi connectivity index (χ2n) is 3.15. The first-order valence-corrected chi connectivity index (χ1v) is 4.90. The predicted molar refractivity (Wildman–Crippen MR) is 54.4 cm³/mol. The summed E-state index contributed by atoms with van der Waals surface area (Å²) in [6, 6.07) is 0.234. The Balaban J connectivity index is 3.38. The molecule has 0 aromatic rings. The van der Waals surface area contributed by atoms with Crippen LogP contribution in [-0.4, -0.2) is 31.6 Å². The quantitative estimate of drug-likeness (QED) is 0.485. The average Bonchev–Trinajstić information content (AvgIpc) is 2.05. The highest BCUT2D eigenvalue weighted by Crippen LogP contribution is 1.89. The molecule has 4 nitrogen and oxygen atoms in total. The minimum atomic E-state index is 0.0477. The van der Waals surface area contributed by atoms with E-state index in [0.29, 0.717) is 13.0 Å². The number of amides is 1. The Hall–Kier alpha value is -0.610. The molecule has 0 radical (unpaired) electrons. The summed E-state index contributed by atoms with van der Waals surface area (Å²) in [5.74, 6) is 0.0477. The highest BCUT2D eigenvalue weighted by Gasteiger charge is 2.04. The van der Waals surface area contributed by atoms with Crippen molar-refractivity contribution in [3.8, 4) is 0 Å². The fourth-order valence-corrected chi connectivity index (χ4v) is 1.05. The molecule has 0 saturated carbocycles. The molecule has 0 saturated heterocycles. The Morgan fingerprint density at radius 1 is 1.54 bits per heavy atom. The number of rotatable bonds is 7. The average molecular weight is 187 g/mol. The molecule has 0 fully saturated rings. The van der Waals surface area contributed by atoms with Crippen LogP contribution >= 0.6 is 0 Å². The van der Waals surface area contributed by atoms with Gasteiger partial charge in [0.2, 0.25) is 5.91 Å². The molecule has 0 aliphatic rings. The van der Waals surface area contributed by atoms with Crippen LogP contribution in [0.25, 0.3) is 0 Å². The number of hydrogen-bond acceptors (Lipinski definition) is 3. The lowest BCUT2D eigenvalue weighted by Gasteiger charge is -2.13. The summed E-state index contributed by atoms with van der Waals surface area (Å²) in [5.41, 5.74) is 5.25. The van der Waals surface area contributed by atoms with E-state index in [0.717, 1.165) is 19.5 Å². The minimum absolute atomic E-state index is 0.0477. The topological polar surface area (TPSA) is 67.1 Å². The third-order valence-corrected chi connectivity index (χ3v) is 1.78. The summed E-state index contributed by atoms with van der Waals surface area (Å²) < 4.78 is 0. The van der Waals surface area contributed by atoms with Crippen LogP contribution in [0.1, 0.15) is 26.7 Å². The summed E-state index contributed by atoms with van der Waals surface area (Å²) in [6.45, 7) is 6.42. The van der Waals surface area contributed by atoms with Crippen molar-refractivity contribution in [3.05, 3.63) is 0 Å². The largest absolute Gasteiger partial charge is 0.354 e. The van der Waals surface area contributed by atoms with E-state index in [1.807, 2.05) is 6.92 Å². The second-order valence-corrected chi connectivity index (χ2v) is 3.15. The first-order valence-electron chi connectivity index (χ1n) is 4.90. The van der Waals surface area contributed by atoms with E-state index < -0.39 is 0 Å². The minimum Gasteiger partial charge on any atom is -0.354 e. The maximum atomic E-state index is 11.1. The van der Waals surface area contributed by atoms with E-state index in [2.05, 4.69) is 17.6 Å². The Morgan fingerprint density at radius 3 is 2.77 bits per heavy atom. The van der Waals surface area contributed by atoms with E-state index in [1.54, 1.807) is 0 Å². The molecule has 1 unspecified atom stereocenters. The first-order chi connectivity index (χ1) is 6.20. The number of nitrogens with one attached hydrogen (secondary N) is 2. The molecular formula is C9H21N3O. The van der Waals surface area contributed by atoms with Crippen LogP contribution in [0.5, 0.6) is 0 Å². The molecule has 0 aliphatic heterocycles. The molecule has 1 atom stereocenters. The van der Waals surface area contributed by atoms with Gasteiger partial charge in [-0.15, -0.1) is 0 Å². The van der Waals surface area contributed by atoms with Crippen molar-refractivity contribution < 1.29 is 4.79 Å². The zero-order valence-electron chi connectivity index (χ0n) is 8.60. The van der Waals surface area contributed by atoms with Crippen LogP contribution in [-0.2, 0) is 4.79 Å². The van der Waals surface area contributed by atoms with Gasteiger partial charge in [-0.3, -0.25) is 4.79 Å². The van der Waals surface area contributed by atoms with Crippen LogP contribution in [0.2, 0.25) is 0 Å². The third kappa shape index (κ3) is 7.74. The normalized spacial score (nSPS) is 12.5. The fraction of sp³-hybridized carbons (Fsp3) is 0.889. The zero-order valence-corrected chi connectivity index (χ0v) is 8.60. The second kappa shape index (κ2) is 8.01. The maximum absolute atomic E-state index is 11.1. The van der Waals surface area contributed by atoms with Gasteiger partial charge in [-0.05, 0) is 26.4 Å². The van der Waals surface area contributed by atoms with Crippen molar-refractivity contribution in [3.63, 3.8) is 0 Å². The Kier molecular flexibility index (Phi) is 7.63. The van der Waals surface area contributed by atoms with Gasteiger partial charge in [0, 0.05) is 19.0 Å². The van der Waals surface area contributed by atoms with Gasteiger partial charge in [0.1, 0.15) is 0 Å². The molecule has 0 aliphatic carbocycles. The van der Waals surface area contributed by atoms with Crippen LogP contribution in [0.15, 0.2) is 0 Å². The summed E-state index contributed by atoms with van der Waals surface area (Å²) >= 11 is 0. The molecule has 1 amide bonds. The number of hydrogen-bond donors (Lipinski definition) is 3. The predicted octanol–water partition coefficient (Wildman–Crippen LogP) is -0.160. The summed E-state index contributed by atoms with van der Waals surface area (Å²) in [7, 11) is 0. The molecule has 4 heteroatoms. The fourth-order valence-electron chi connectivity index (χ4n) is 1.05. The molecule has 0 aromatic heterocycles. The van der Waals surface area contributed by atoms with Crippen LogP contribution in [0.4, 0.5) is 0 Å². The molecule has 13 heavy (non-hydrogen) atoms. The van der Waals surface area contributed by atoms with Crippen LogP contribution < -0.4 is 16.4 Å². The summed E-state index contributed by atoms with van der Waals surface area (Å²) in [6.07, 6.45) is 1.38. The Morgan fingerprint density at radius 2 is 2.23 bits per heavy atom. The van der Waals surface area contributed by atoms with Gasteiger partial charge in [-0.1, -0.05) is 6.92 Å². The first kappa shape index (κ1) is 12.4. The monoisotopic (exact) mass is 187 g/mol. The highest BCUT2D eigenvalue weighted by atomic mass is 16.1. The van der Waals surface area contributed by atoms with Crippen molar-refractivity contribution in [1.82, 2.24) is 10.6 Å². The SMILES string of the molecule is CCNCCC(C)NC(=O)CCN. The van der Waals surface area contributed by atoms with E-state index in [1.165, 1.54) is 0 Å². The summed E-state index contributed by atoms with van der Waals surface area (Å²) in [4.78, 5) is 11.1. The van der Waals surface area contributed by atoms with Gasteiger partial charge in [0.25, 0.3) is 0 Å². The molecule has 0 rings (SSSR count). The molecule has 4 N–H and O–H groups in total. The Bertz CT molecular complexity index is 139. The van der Waals surface area contributed by atoms with Crippen LogP contribution in [0, 0.1) is 0 Å². The number of carbonyl (C=O) groups excluding carboxylic acids is 1. The number of carbonyl (C=O) groups is 1. The Labute approximate surface area is 80.3 Å². The summed E-state index contributed by atoms with van der Waals surface area (Å²) in [5, 5.41) is 6.09. The van der Waals surface area contributed by atoms with Crippen molar-refractivity contribution in [1.29, 1.82) is 0 Å². The molecule has 0 bridgehead atoms. The van der Waals surface area contributed by atoms with Crippen molar-refractivity contribution >= 4 is 5.91 Å². The highest BCUT2D eigenvalue weighted by molar-refractivity contribution is 5.76. The molecule has 0 spiro atoms. The lowest BCUT2D eigenvalue weighted by molar-refractivity contribution is -0.121.